The molecule has 144 valence electrons. The van der Waals surface area contributed by atoms with E-state index in [9.17, 15) is 0 Å². The average molecular weight is 404 g/mol. The Labute approximate surface area is 179 Å². The lowest BCUT2D eigenvalue weighted by Gasteiger charge is -2.11. The normalized spacial score (nSPS) is 11.8. The molecule has 2 heteroatoms. The van der Waals surface area contributed by atoms with Crippen LogP contribution in [0.1, 0.15) is 16.7 Å². The summed E-state index contributed by atoms with van der Waals surface area (Å²) in [6.45, 7) is 6.46. The van der Waals surface area contributed by atoms with E-state index >= 15 is 0 Å². The van der Waals surface area contributed by atoms with Crippen molar-refractivity contribution in [2.45, 2.75) is 20.8 Å². The summed E-state index contributed by atoms with van der Waals surface area (Å²) in [4.78, 5) is 4.78. The first-order valence-corrected chi connectivity index (χ1v) is 11.1. The van der Waals surface area contributed by atoms with Gasteiger partial charge in [-0.2, -0.15) is 0 Å². The molecule has 4 aromatic carbocycles. The molecule has 6 rings (SSSR count). The summed E-state index contributed by atoms with van der Waals surface area (Å²) in [6.07, 6.45) is 1.95. The van der Waals surface area contributed by atoms with Gasteiger partial charge in [-0.05, 0) is 61.4 Å². The van der Waals surface area contributed by atoms with E-state index in [0.29, 0.717) is 0 Å². The minimum atomic E-state index is 1.06. The third kappa shape index (κ3) is 2.57. The molecule has 0 radical (unpaired) electrons. The Kier molecular flexibility index (Phi) is 3.75. The molecule has 0 aliphatic rings. The van der Waals surface area contributed by atoms with Gasteiger partial charge in [0.2, 0.25) is 0 Å². The van der Waals surface area contributed by atoms with Crippen LogP contribution in [0, 0.1) is 20.8 Å². The number of fused-ring (bicyclic) bond motifs is 7. The molecule has 1 nitrogen and oxygen atoms in total. The van der Waals surface area contributed by atoms with E-state index < -0.39 is 0 Å². The molecule has 0 fully saturated rings. The number of hydrogen-bond donors (Lipinski definition) is 0. The zero-order valence-electron chi connectivity index (χ0n) is 17.3. The van der Waals surface area contributed by atoms with E-state index in [-0.39, 0.29) is 0 Å². The van der Waals surface area contributed by atoms with Gasteiger partial charge in [0.25, 0.3) is 0 Å². The fraction of sp³-hybridized carbons (Fsp3) is 0.107. The van der Waals surface area contributed by atoms with E-state index in [2.05, 4.69) is 87.5 Å². The van der Waals surface area contributed by atoms with Crippen LogP contribution in [-0.4, -0.2) is 4.98 Å². The van der Waals surface area contributed by atoms with Crippen molar-refractivity contribution < 1.29 is 0 Å². The molecule has 0 atom stereocenters. The Morgan fingerprint density at radius 1 is 0.567 bits per heavy atom. The minimum Gasteiger partial charge on any atom is -0.256 e. The quantitative estimate of drug-likeness (QED) is 0.251. The van der Waals surface area contributed by atoms with E-state index in [1.165, 1.54) is 64.0 Å². The lowest BCUT2D eigenvalue weighted by molar-refractivity contribution is 1.33. The van der Waals surface area contributed by atoms with Gasteiger partial charge >= 0.3 is 0 Å². The number of benzene rings is 4. The molecule has 0 bridgehead atoms. The number of thiophene rings is 1. The highest BCUT2D eigenvalue weighted by Gasteiger charge is 2.13. The predicted molar refractivity (Wildman–Crippen MR) is 132 cm³/mol. The van der Waals surface area contributed by atoms with Crippen molar-refractivity contribution in [3.63, 3.8) is 0 Å². The smallest absolute Gasteiger partial charge is 0.0780 e. The monoisotopic (exact) mass is 403 g/mol. The van der Waals surface area contributed by atoms with Gasteiger partial charge in [0, 0.05) is 42.7 Å². The Hall–Kier alpha value is -3.23. The molecular weight excluding hydrogens is 382 g/mol. The largest absolute Gasteiger partial charge is 0.256 e. The van der Waals surface area contributed by atoms with Crippen LogP contribution < -0.4 is 0 Å². The summed E-state index contributed by atoms with van der Waals surface area (Å²) in [5.41, 5.74) is 6.11. The van der Waals surface area contributed by atoms with Gasteiger partial charge in [0.05, 0.1) is 5.69 Å². The molecule has 0 saturated carbocycles. The number of aromatic nitrogens is 1. The Balaban J connectivity index is 1.69. The number of hydrogen-bond acceptors (Lipinski definition) is 2. The van der Waals surface area contributed by atoms with Crippen molar-refractivity contribution in [2.75, 3.05) is 0 Å². The topological polar surface area (TPSA) is 12.9 Å². The van der Waals surface area contributed by atoms with Gasteiger partial charge in [-0.1, -0.05) is 53.6 Å². The fourth-order valence-electron chi connectivity index (χ4n) is 4.75. The maximum Gasteiger partial charge on any atom is 0.0780 e. The van der Waals surface area contributed by atoms with Crippen LogP contribution >= 0.6 is 11.3 Å². The fourth-order valence-corrected chi connectivity index (χ4v) is 6.08. The number of nitrogens with zero attached hydrogens (tertiary/aromatic N) is 1. The molecule has 0 unspecified atom stereocenters. The van der Waals surface area contributed by atoms with Crippen molar-refractivity contribution in [3.8, 4) is 11.3 Å². The molecule has 2 heterocycles. The second-order valence-electron chi connectivity index (χ2n) is 8.34. The van der Waals surface area contributed by atoms with Crippen molar-refractivity contribution in [1.82, 2.24) is 4.98 Å². The average Bonchev–Trinajstić information content (AvgIpc) is 3.10. The lowest BCUT2D eigenvalue weighted by atomic mass is 9.96. The van der Waals surface area contributed by atoms with Crippen LogP contribution in [0.2, 0.25) is 0 Å². The maximum atomic E-state index is 4.78. The summed E-state index contributed by atoms with van der Waals surface area (Å²) >= 11 is 1.90. The minimum absolute atomic E-state index is 1.06. The third-order valence-electron chi connectivity index (χ3n) is 6.03. The van der Waals surface area contributed by atoms with Gasteiger partial charge < -0.3 is 0 Å². The lowest BCUT2D eigenvalue weighted by Crippen LogP contribution is -1.89. The zero-order valence-corrected chi connectivity index (χ0v) is 18.1. The van der Waals surface area contributed by atoms with Crippen molar-refractivity contribution >= 4 is 53.1 Å². The number of pyridine rings is 1. The van der Waals surface area contributed by atoms with E-state index in [0.717, 1.165) is 5.69 Å². The highest BCUT2D eigenvalue weighted by molar-refractivity contribution is 7.26. The summed E-state index contributed by atoms with van der Waals surface area (Å²) in [5, 5.41) is 7.82. The van der Waals surface area contributed by atoms with Crippen LogP contribution in [0.15, 0.2) is 72.9 Å². The molecule has 0 aliphatic heterocycles. The van der Waals surface area contributed by atoms with Crippen molar-refractivity contribution in [2.24, 2.45) is 0 Å². The van der Waals surface area contributed by atoms with Gasteiger partial charge in [-0.25, -0.2) is 0 Å². The van der Waals surface area contributed by atoms with E-state index in [1.54, 1.807) is 0 Å². The first kappa shape index (κ1) is 17.6. The molecule has 0 aliphatic carbocycles. The molecule has 0 amide bonds. The SMILES string of the molecule is Cc1cc(C)cc(-c2nccc3c2ccc2c3ccc3c4ccc(C)cc4sc32)c1. The van der Waals surface area contributed by atoms with E-state index in [4.69, 9.17) is 4.98 Å². The standard InChI is InChI=1S/C28H21NS/c1-16-4-5-22-25-8-6-20-21-10-11-29-27(19-13-17(2)12-18(3)14-19)23(21)7-9-24(20)28(25)30-26(22)15-16/h4-15H,1-3H3. The first-order chi connectivity index (χ1) is 14.6. The van der Waals surface area contributed by atoms with Crippen LogP contribution in [0.25, 0.3) is 53.0 Å². The van der Waals surface area contributed by atoms with Crippen molar-refractivity contribution in [1.29, 1.82) is 0 Å². The molecule has 0 spiro atoms. The second kappa shape index (κ2) is 6.38. The van der Waals surface area contributed by atoms with Crippen molar-refractivity contribution in [3.05, 3.63) is 89.6 Å². The predicted octanol–water partition coefficient (Wildman–Crippen LogP) is 8.35. The maximum absolute atomic E-state index is 4.78. The van der Waals surface area contributed by atoms with Crippen LogP contribution in [-0.2, 0) is 0 Å². The van der Waals surface area contributed by atoms with Gasteiger partial charge in [-0.15, -0.1) is 11.3 Å². The molecule has 6 aromatic rings. The Morgan fingerprint density at radius 3 is 2.00 bits per heavy atom. The van der Waals surface area contributed by atoms with Gasteiger partial charge in [0.1, 0.15) is 0 Å². The highest BCUT2D eigenvalue weighted by Crippen LogP contribution is 2.41. The molecule has 2 aromatic heterocycles. The van der Waals surface area contributed by atoms with Crippen LogP contribution in [0.3, 0.4) is 0 Å². The Morgan fingerprint density at radius 2 is 1.20 bits per heavy atom. The molecule has 0 N–H and O–H groups in total. The second-order valence-corrected chi connectivity index (χ2v) is 9.39. The van der Waals surface area contributed by atoms with Gasteiger partial charge in [0.15, 0.2) is 0 Å². The Bertz CT molecular complexity index is 1600. The summed E-state index contributed by atoms with van der Waals surface area (Å²) in [5.74, 6) is 0. The summed E-state index contributed by atoms with van der Waals surface area (Å²) < 4.78 is 2.74. The third-order valence-corrected chi connectivity index (χ3v) is 7.23. The van der Waals surface area contributed by atoms with Crippen LogP contribution in [0.5, 0.6) is 0 Å². The number of rotatable bonds is 1. The molecule has 30 heavy (non-hydrogen) atoms. The highest BCUT2D eigenvalue weighted by atomic mass is 32.1. The van der Waals surface area contributed by atoms with Crippen LogP contribution in [0.4, 0.5) is 0 Å². The first-order valence-electron chi connectivity index (χ1n) is 10.3. The summed E-state index contributed by atoms with van der Waals surface area (Å²) in [7, 11) is 0. The summed E-state index contributed by atoms with van der Waals surface area (Å²) in [6, 6.07) is 24.7. The van der Waals surface area contributed by atoms with E-state index in [1.807, 2.05) is 17.5 Å². The number of aryl methyl sites for hydroxylation is 3. The zero-order chi connectivity index (χ0) is 20.4. The van der Waals surface area contributed by atoms with Gasteiger partial charge in [-0.3, -0.25) is 4.98 Å². The molecular formula is C28H21NS. The molecule has 0 saturated heterocycles.